The molecule has 0 radical (unpaired) electrons. The van der Waals surface area contributed by atoms with Gasteiger partial charge in [-0.05, 0) is 24.3 Å². The molecule has 2 aromatic carbocycles. The fourth-order valence-electron chi connectivity index (χ4n) is 3.16. The van der Waals surface area contributed by atoms with Gasteiger partial charge in [-0.2, -0.15) is 18.4 Å². The van der Waals surface area contributed by atoms with Crippen molar-refractivity contribution in [3.63, 3.8) is 0 Å². The van der Waals surface area contributed by atoms with E-state index in [1.165, 1.54) is 6.20 Å². The summed E-state index contributed by atoms with van der Waals surface area (Å²) in [5.74, 6) is 0.162. The number of hydrogen-bond donors (Lipinski definition) is 1. The molecule has 1 unspecified atom stereocenters. The van der Waals surface area contributed by atoms with E-state index in [4.69, 9.17) is 9.47 Å². The lowest BCUT2D eigenvalue weighted by molar-refractivity contribution is -0.137. The van der Waals surface area contributed by atoms with Crippen LogP contribution < -0.4 is 14.2 Å². The maximum absolute atomic E-state index is 13.0. The molecule has 4 rings (SSSR count). The SMILES string of the molecule is N#Cc1cc(C(F)(F)F)ccc1OC1C[C@@H](S(=O)(=O)Nc2nccs2)Oc2ccccc21. The topological polar surface area (TPSA) is 101 Å². The Morgan fingerprint density at radius 3 is 2.72 bits per heavy atom. The van der Waals surface area contributed by atoms with Gasteiger partial charge in [0, 0.05) is 23.6 Å². The summed E-state index contributed by atoms with van der Waals surface area (Å²) in [5, 5.41) is 11.1. The number of sulfonamides is 1. The number of anilines is 1. The highest BCUT2D eigenvalue weighted by Gasteiger charge is 2.39. The summed E-state index contributed by atoms with van der Waals surface area (Å²) >= 11 is 1.09. The first-order valence-corrected chi connectivity index (χ1v) is 11.5. The first-order chi connectivity index (χ1) is 15.2. The van der Waals surface area contributed by atoms with E-state index in [1.54, 1.807) is 35.7 Å². The van der Waals surface area contributed by atoms with E-state index in [0.717, 1.165) is 23.5 Å². The molecule has 32 heavy (non-hydrogen) atoms. The lowest BCUT2D eigenvalue weighted by Gasteiger charge is -2.32. The van der Waals surface area contributed by atoms with Gasteiger partial charge in [0.15, 0.2) is 5.13 Å². The van der Waals surface area contributed by atoms with Crippen LogP contribution in [0.4, 0.5) is 18.3 Å². The number of para-hydroxylation sites is 1. The molecule has 3 aromatic rings. The predicted molar refractivity (Wildman–Crippen MR) is 110 cm³/mol. The zero-order valence-corrected chi connectivity index (χ0v) is 17.7. The van der Waals surface area contributed by atoms with Gasteiger partial charge in [0.2, 0.25) is 5.44 Å². The molecule has 0 saturated heterocycles. The Bertz CT molecular complexity index is 1270. The lowest BCUT2D eigenvalue weighted by Crippen LogP contribution is -2.38. The number of thiazole rings is 1. The highest BCUT2D eigenvalue weighted by atomic mass is 32.2. The molecule has 166 valence electrons. The summed E-state index contributed by atoms with van der Waals surface area (Å²) in [5.41, 5.74) is -2.14. The Balaban J connectivity index is 1.65. The van der Waals surface area contributed by atoms with Gasteiger partial charge < -0.3 is 9.47 Å². The number of fused-ring (bicyclic) bond motifs is 1. The van der Waals surface area contributed by atoms with Crippen molar-refractivity contribution in [3.8, 4) is 17.6 Å². The molecule has 0 bridgehead atoms. The molecule has 0 spiro atoms. The van der Waals surface area contributed by atoms with Gasteiger partial charge in [-0.1, -0.05) is 18.2 Å². The third-order valence-corrected chi connectivity index (χ3v) is 6.91. The van der Waals surface area contributed by atoms with Gasteiger partial charge in [-0.25, -0.2) is 13.4 Å². The molecule has 2 atom stereocenters. The zero-order valence-electron chi connectivity index (χ0n) is 16.0. The second kappa shape index (κ2) is 8.33. The number of rotatable bonds is 5. The second-order valence-corrected chi connectivity index (χ2v) is 9.45. The molecule has 1 aromatic heterocycles. The van der Waals surface area contributed by atoms with Crippen LogP contribution in [0.15, 0.2) is 54.0 Å². The van der Waals surface area contributed by atoms with Crippen LogP contribution in [0.1, 0.15) is 29.2 Å². The van der Waals surface area contributed by atoms with Gasteiger partial charge >= 0.3 is 6.18 Å². The van der Waals surface area contributed by atoms with Crippen molar-refractivity contribution < 1.29 is 31.1 Å². The lowest BCUT2D eigenvalue weighted by atomic mass is 10.0. The van der Waals surface area contributed by atoms with E-state index in [0.29, 0.717) is 11.6 Å². The summed E-state index contributed by atoms with van der Waals surface area (Å²) in [6, 6.07) is 10.8. The van der Waals surface area contributed by atoms with Gasteiger partial charge in [-0.15, -0.1) is 11.3 Å². The van der Waals surface area contributed by atoms with E-state index in [-0.39, 0.29) is 28.6 Å². The summed E-state index contributed by atoms with van der Waals surface area (Å²) in [6.45, 7) is 0. The molecule has 2 heterocycles. The normalized spacial score (nSPS) is 18.2. The first-order valence-electron chi connectivity index (χ1n) is 9.12. The van der Waals surface area contributed by atoms with Crippen molar-refractivity contribution in [3.05, 3.63) is 70.7 Å². The minimum atomic E-state index is -4.62. The van der Waals surface area contributed by atoms with Crippen LogP contribution in [0.25, 0.3) is 0 Å². The minimum absolute atomic E-state index is 0.0915. The average Bonchev–Trinajstić information content (AvgIpc) is 3.25. The molecular weight excluding hydrogens is 467 g/mol. The molecule has 1 aliphatic heterocycles. The number of ether oxygens (including phenoxy) is 2. The molecule has 1 aliphatic rings. The Labute approximate surface area is 185 Å². The number of nitrogens with zero attached hydrogens (tertiary/aromatic N) is 2. The third-order valence-electron chi connectivity index (χ3n) is 4.64. The minimum Gasteiger partial charge on any atom is -0.484 e. The van der Waals surface area contributed by atoms with Crippen LogP contribution >= 0.6 is 11.3 Å². The Kier molecular flexibility index (Phi) is 5.70. The van der Waals surface area contributed by atoms with Crippen LogP contribution in [-0.2, 0) is 16.2 Å². The van der Waals surface area contributed by atoms with E-state index < -0.39 is 33.3 Å². The fourth-order valence-corrected chi connectivity index (χ4v) is 5.16. The summed E-state index contributed by atoms with van der Waals surface area (Å²) in [6.07, 6.45) is -4.22. The van der Waals surface area contributed by atoms with E-state index in [2.05, 4.69) is 9.71 Å². The van der Waals surface area contributed by atoms with Crippen LogP contribution in [0.5, 0.6) is 11.5 Å². The molecule has 0 saturated carbocycles. The van der Waals surface area contributed by atoms with Crippen LogP contribution in [0.3, 0.4) is 0 Å². The van der Waals surface area contributed by atoms with Gasteiger partial charge in [0.05, 0.1) is 11.1 Å². The number of alkyl halides is 3. The molecule has 1 N–H and O–H groups in total. The summed E-state index contributed by atoms with van der Waals surface area (Å²) in [4.78, 5) is 3.89. The quantitative estimate of drug-likeness (QED) is 0.567. The smallest absolute Gasteiger partial charge is 0.416 e. The fraction of sp³-hybridized carbons (Fsp3) is 0.200. The standard InChI is InChI=1S/C20H14F3N3O4S2/c21-20(22,23)13-5-6-15(12(9-13)11-24)29-17-10-18(30-16-4-2-1-3-14(16)17)32(27,28)26-19-25-7-8-31-19/h1-9,17-18H,10H2,(H,25,26)/t17?,18-/m1/s1. The molecule has 0 fully saturated rings. The van der Waals surface area contributed by atoms with Crippen molar-refractivity contribution in [2.75, 3.05) is 4.72 Å². The molecule has 12 heteroatoms. The zero-order chi connectivity index (χ0) is 22.9. The Hall–Kier alpha value is -3.30. The van der Waals surface area contributed by atoms with Crippen molar-refractivity contribution >= 4 is 26.5 Å². The van der Waals surface area contributed by atoms with Crippen molar-refractivity contribution in [2.24, 2.45) is 0 Å². The number of nitriles is 1. The average molecular weight is 481 g/mol. The van der Waals surface area contributed by atoms with Gasteiger partial charge in [-0.3, -0.25) is 4.72 Å². The number of benzene rings is 2. The van der Waals surface area contributed by atoms with E-state index >= 15 is 0 Å². The Morgan fingerprint density at radius 2 is 2.03 bits per heavy atom. The summed E-state index contributed by atoms with van der Waals surface area (Å²) < 4.78 is 78.5. The predicted octanol–water partition coefficient (Wildman–Crippen LogP) is 4.70. The third kappa shape index (κ3) is 4.49. The Morgan fingerprint density at radius 1 is 1.25 bits per heavy atom. The van der Waals surface area contributed by atoms with Gasteiger partial charge in [0.25, 0.3) is 10.0 Å². The number of hydrogen-bond acceptors (Lipinski definition) is 7. The number of aromatic nitrogens is 1. The largest absolute Gasteiger partial charge is 0.484 e. The van der Waals surface area contributed by atoms with Crippen LogP contribution in [0.2, 0.25) is 0 Å². The maximum atomic E-state index is 13.0. The first kappa shape index (κ1) is 21.9. The number of halogens is 3. The molecular formula is C20H14F3N3O4S2. The maximum Gasteiger partial charge on any atom is 0.416 e. The van der Waals surface area contributed by atoms with Crippen molar-refractivity contribution in [2.45, 2.75) is 24.1 Å². The van der Waals surface area contributed by atoms with E-state index in [9.17, 15) is 26.9 Å². The monoisotopic (exact) mass is 481 g/mol. The molecule has 0 aliphatic carbocycles. The van der Waals surface area contributed by atoms with E-state index in [1.807, 2.05) is 0 Å². The van der Waals surface area contributed by atoms with Crippen molar-refractivity contribution in [1.29, 1.82) is 5.26 Å². The second-order valence-electron chi connectivity index (χ2n) is 6.73. The van der Waals surface area contributed by atoms with Gasteiger partial charge in [0.1, 0.15) is 23.7 Å². The molecule has 0 amide bonds. The van der Waals surface area contributed by atoms with Crippen LogP contribution in [-0.4, -0.2) is 18.8 Å². The summed E-state index contributed by atoms with van der Waals surface area (Å²) in [7, 11) is -4.03. The molecule has 7 nitrogen and oxygen atoms in total. The highest BCUT2D eigenvalue weighted by molar-refractivity contribution is 7.93. The van der Waals surface area contributed by atoms with Crippen molar-refractivity contribution in [1.82, 2.24) is 4.98 Å². The number of nitrogens with one attached hydrogen (secondary N) is 1. The highest BCUT2D eigenvalue weighted by Crippen LogP contribution is 2.41. The van der Waals surface area contributed by atoms with Crippen LogP contribution in [0, 0.1) is 11.3 Å².